The fourth-order valence-corrected chi connectivity index (χ4v) is 4.74. The molecule has 2 aromatic rings. The van der Waals surface area contributed by atoms with Crippen LogP contribution >= 0.6 is 0 Å². The molecule has 4 rings (SSSR count). The number of ether oxygens (including phenoxy) is 1. The van der Waals surface area contributed by atoms with Crippen molar-refractivity contribution in [3.63, 3.8) is 0 Å². The lowest BCUT2D eigenvalue weighted by Crippen LogP contribution is -2.46. The number of rotatable bonds is 8. The third kappa shape index (κ3) is 5.64. The van der Waals surface area contributed by atoms with Crippen LogP contribution in [0.3, 0.4) is 0 Å². The lowest BCUT2D eigenvalue weighted by molar-refractivity contribution is -0.122. The minimum absolute atomic E-state index is 0.0823. The molecule has 188 valence electrons. The number of carbonyl (C=O) groups excluding carboxylic acids is 4. The van der Waals surface area contributed by atoms with Crippen LogP contribution in [0.2, 0.25) is 0 Å². The van der Waals surface area contributed by atoms with Gasteiger partial charge < -0.3 is 15.0 Å². The third-order valence-electron chi connectivity index (χ3n) is 6.58. The number of imide groups is 1. The molecule has 4 amide bonds. The molecule has 1 aliphatic carbocycles. The smallest absolute Gasteiger partial charge is 0.257 e. The van der Waals surface area contributed by atoms with Crippen LogP contribution in [0.4, 0.5) is 11.4 Å². The second-order valence-corrected chi connectivity index (χ2v) is 9.10. The van der Waals surface area contributed by atoms with Crippen molar-refractivity contribution in [3.05, 3.63) is 65.7 Å². The molecule has 1 unspecified atom stereocenters. The van der Waals surface area contributed by atoms with E-state index in [1.54, 1.807) is 48.5 Å². The number of methoxy groups -OCH3 is 1. The van der Waals surface area contributed by atoms with E-state index < -0.39 is 11.9 Å². The lowest BCUT2D eigenvalue weighted by atomic mass is 9.96. The largest absolute Gasteiger partial charge is 0.497 e. The molecule has 36 heavy (non-hydrogen) atoms. The highest BCUT2D eigenvalue weighted by Crippen LogP contribution is 2.29. The van der Waals surface area contributed by atoms with E-state index in [4.69, 9.17) is 4.74 Å². The molecule has 2 aliphatic rings. The van der Waals surface area contributed by atoms with E-state index in [-0.39, 0.29) is 24.1 Å². The summed E-state index contributed by atoms with van der Waals surface area (Å²) in [5.41, 5.74) is 2.67. The highest BCUT2D eigenvalue weighted by atomic mass is 16.5. The molecule has 0 bridgehead atoms. The van der Waals surface area contributed by atoms with E-state index in [9.17, 15) is 19.2 Å². The van der Waals surface area contributed by atoms with Crippen LogP contribution in [-0.2, 0) is 14.4 Å². The van der Waals surface area contributed by atoms with Gasteiger partial charge >= 0.3 is 0 Å². The van der Waals surface area contributed by atoms with E-state index in [0.717, 1.165) is 24.2 Å². The fourth-order valence-electron chi connectivity index (χ4n) is 4.74. The maximum Gasteiger partial charge on any atom is 0.257 e. The SMILES string of the molecule is COc1cccc(C(=O)N(CCC2=CCCCC2)C2CC(=O)N(c3ccc(NC(C)=O)cc3)C2=O)c1. The van der Waals surface area contributed by atoms with Crippen LogP contribution < -0.4 is 15.0 Å². The van der Waals surface area contributed by atoms with E-state index in [0.29, 0.717) is 35.7 Å². The Bertz CT molecular complexity index is 1190. The summed E-state index contributed by atoms with van der Waals surface area (Å²) in [6, 6.07) is 12.4. The number of allylic oxidation sites excluding steroid dienone is 1. The van der Waals surface area contributed by atoms with E-state index in [1.807, 2.05) is 0 Å². The second kappa shape index (κ2) is 11.2. The van der Waals surface area contributed by atoms with Crippen molar-refractivity contribution in [1.82, 2.24) is 4.90 Å². The van der Waals surface area contributed by atoms with Gasteiger partial charge in [0.25, 0.3) is 11.8 Å². The first-order chi connectivity index (χ1) is 17.4. The Kier molecular flexibility index (Phi) is 7.83. The van der Waals surface area contributed by atoms with Gasteiger partial charge in [-0.3, -0.25) is 19.2 Å². The monoisotopic (exact) mass is 489 g/mol. The molecule has 1 N–H and O–H groups in total. The van der Waals surface area contributed by atoms with E-state index >= 15 is 0 Å². The molecule has 1 saturated heterocycles. The highest BCUT2D eigenvalue weighted by molar-refractivity contribution is 6.23. The molecular weight excluding hydrogens is 458 g/mol. The molecule has 1 aliphatic heterocycles. The van der Waals surface area contributed by atoms with Crippen LogP contribution in [-0.4, -0.2) is 48.2 Å². The van der Waals surface area contributed by atoms with Gasteiger partial charge in [0.15, 0.2) is 0 Å². The van der Waals surface area contributed by atoms with E-state index in [1.165, 1.54) is 30.9 Å². The molecule has 0 spiro atoms. The Morgan fingerprint density at radius 2 is 1.89 bits per heavy atom. The van der Waals surface area contributed by atoms with Crippen LogP contribution in [0.5, 0.6) is 5.75 Å². The standard InChI is InChI=1S/C28H31N3O5/c1-19(32)29-22-11-13-23(14-12-22)31-26(33)18-25(28(31)35)30(16-15-20-7-4-3-5-8-20)27(34)21-9-6-10-24(17-21)36-2/h6-7,9-14,17,25H,3-5,8,15-16,18H2,1-2H3,(H,29,32). The Labute approximate surface area is 210 Å². The summed E-state index contributed by atoms with van der Waals surface area (Å²) in [5, 5.41) is 2.67. The predicted octanol–water partition coefficient (Wildman–Crippen LogP) is 4.32. The zero-order chi connectivity index (χ0) is 25.7. The van der Waals surface area contributed by atoms with Gasteiger partial charge in [-0.1, -0.05) is 17.7 Å². The van der Waals surface area contributed by atoms with Gasteiger partial charge in [0.05, 0.1) is 19.2 Å². The normalized spacial score (nSPS) is 17.6. The first kappa shape index (κ1) is 25.2. The summed E-state index contributed by atoms with van der Waals surface area (Å²) in [7, 11) is 1.53. The van der Waals surface area contributed by atoms with Crippen molar-refractivity contribution < 1.29 is 23.9 Å². The summed E-state index contributed by atoms with van der Waals surface area (Å²) in [4.78, 5) is 54.1. The topological polar surface area (TPSA) is 96.0 Å². The maximum atomic E-state index is 13.6. The Morgan fingerprint density at radius 3 is 2.56 bits per heavy atom. The molecule has 1 atom stereocenters. The number of benzene rings is 2. The van der Waals surface area contributed by atoms with Gasteiger partial charge in [-0.25, -0.2) is 4.90 Å². The number of anilines is 2. The van der Waals surface area contributed by atoms with Crippen molar-refractivity contribution in [2.45, 2.75) is 51.5 Å². The van der Waals surface area contributed by atoms with Crippen molar-refractivity contribution in [3.8, 4) is 5.75 Å². The summed E-state index contributed by atoms with van der Waals surface area (Å²) < 4.78 is 5.28. The highest BCUT2D eigenvalue weighted by Gasteiger charge is 2.44. The lowest BCUT2D eigenvalue weighted by Gasteiger charge is -2.29. The summed E-state index contributed by atoms with van der Waals surface area (Å²) in [6.45, 7) is 1.75. The number of hydrogen-bond acceptors (Lipinski definition) is 5. The van der Waals surface area contributed by atoms with Crippen LogP contribution in [0.25, 0.3) is 0 Å². The Morgan fingerprint density at radius 1 is 1.11 bits per heavy atom. The molecule has 8 heteroatoms. The van der Waals surface area contributed by atoms with Gasteiger partial charge in [-0.2, -0.15) is 0 Å². The minimum atomic E-state index is -0.893. The number of amides is 4. The molecular formula is C28H31N3O5. The number of carbonyl (C=O) groups is 4. The molecule has 0 aromatic heterocycles. The van der Waals surface area contributed by atoms with Crippen LogP contribution in [0.15, 0.2) is 60.2 Å². The summed E-state index contributed by atoms with van der Waals surface area (Å²) >= 11 is 0. The van der Waals surface area contributed by atoms with Crippen molar-refractivity contribution in [2.75, 3.05) is 23.9 Å². The van der Waals surface area contributed by atoms with E-state index in [2.05, 4.69) is 11.4 Å². The number of hydrogen-bond donors (Lipinski definition) is 1. The van der Waals surface area contributed by atoms with Gasteiger partial charge in [0.2, 0.25) is 11.8 Å². The summed E-state index contributed by atoms with van der Waals surface area (Å²) in [6.07, 6.45) is 7.12. The van der Waals surface area contributed by atoms with Gasteiger partial charge in [-0.15, -0.1) is 0 Å². The molecule has 8 nitrogen and oxygen atoms in total. The van der Waals surface area contributed by atoms with Crippen molar-refractivity contribution in [1.29, 1.82) is 0 Å². The first-order valence-electron chi connectivity index (χ1n) is 12.2. The van der Waals surface area contributed by atoms with Crippen LogP contribution in [0.1, 0.15) is 55.8 Å². The zero-order valence-corrected chi connectivity index (χ0v) is 20.7. The summed E-state index contributed by atoms with van der Waals surface area (Å²) in [5.74, 6) is -0.764. The zero-order valence-electron chi connectivity index (χ0n) is 20.7. The van der Waals surface area contributed by atoms with Crippen molar-refractivity contribution >= 4 is 35.0 Å². The molecule has 2 aromatic carbocycles. The fraction of sp³-hybridized carbons (Fsp3) is 0.357. The first-order valence-corrected chi connectivity index (χ1v) is 12.2. The molecule has 0 radical (unpaired) electrons. The quantitative estimate of drug-likeness (QED) is 0.440. The van der Waals surface area contributed by atoms with Gasteiger partial charge in [0.1, 0.15) is 11.8 Å². The Balaban J connectivity index is 1.59. The molecule has 1 heterocycles. The minimum Gasteiger partial charge on any atom is -0.497 e. The molecule has 1 fully saturated rings. The molecule has 0 saturated carbocycles. The van der Waals surface area contributed by atoms with Crippen molar-refractivity contribution in [2.24, 2.45) is 0 Å². The Hall–Kier alpha value is -3.94. The number of nitrogens with zero attached hydrogens (tertiary/aromatic N) is 2. The number of nitrogens with one attached hydrogen (secondary N) is 1. The van der Waals surface area contributed by atoms with Crippen LogP contribution in [0, 0.1) is 0 Å². The average Bonchev–Trinajstić information content (AvgIpc) is 3.18. The predicted molar refractivity (Wildman–Crippen MR) is 137 cm³/mol. The average molecular weight is 490 g/mol. The second-order valence-electron chi connectivity index (χ2n) is 9.10. The maximum absolute atomic E-state index is 13.6. The third-order valence-corrected chi connectivity index (χ3v) is 6.58. The van der Waals surface area contributed by atoms with Gasteiger partial charge in [0, 0.05) is 24.7 Å². The van der Waals surface area contributed by atoms with Gasteiger partial charge in [-0.05, 0) is 74.6 Å².